The lowest BCUT2D eigenvalue weighted by Crippen LogP contribution is -2.57. The zero-order chi connectivity index (χ0) is 19.0. The van der Waals surface area contributed by atoms with Gasteiger partial charge in [0.05, 0.1) is 13.2 Å². The molecule has 2 aliphatic rings. The number of fused-ring (bicyclic) bond motifs is 1. The molecule has 0 radical (unpaired) electrons. The van der Waals surface area contributed by atoms with Crippen molar-refractivity contribution in [1.82, 2.24) is 15.0 Å². The number of amidine groups is 1. The number of esters is 1. The van der Waals surface area contributed by atoms with Gasteiger partial charge >= 0.3 is 12.0 Å². The molecule has 0 N–H and O–H groups in total. The molecule has 2 aromatic carbocycles. The first-order valence-corrected chi connectivity index (χ1v) is 8.74. The van der Waals surface area contributed by atoms with E-state index in [-0.39, 0.29) is 18.0 Å². The van der Waals surface area contributed by atoms with Gasteiger partial charge in [-0.25, -0.2) is 24.6 Å². The minimum atomic E-state index is -0.628. The molecule has 2 amide bonds. The van der Waals surface area contributed by atoms with Gasteiger partial charge in [0.25, 0.3) is 0 Å². The van der Waals surface area contributed by atoms with Crippen LogP contribution in [0.15, 0.2) is 65.8 Å². The molecule has 2 aromatic rings. The highest BCUT2D eigenvalue weighted by molar-refractivity contribution is 6.04. The van der Waals surface area contributed by atoms with Crippen LogP contribution in [0.25, 0.3) is 0 Å². The van der Waals surface area contributed by atoms with Gasteiger partial charge < -0.3 is 4.74 Å². The summed E-state index contributed by atoms with van der Waals surface area (Å²) in [7, 11) is 2.98. The van der Waals surface area contributed by atoms with E-state index in [1.807, 2.05) is 60.7 Å². The lowest BCUT2D eigenvalue weighted by atomic mass is 10.0. The van der Waals surface area contributed by atoms with Crippen LogP contribution in [0.2, 0.25) is 0 Å². The first-order chi connectivity index (χ1) is 13.1. The smallest absolute Gasteiger partial charge is 0.359 e. The van der Waals surface area contributed by atoms with E-state index in [0.29, 0.717) is 12.3 Å². The van der Waals surface area contributed by atoms with E-state index in [9.17, 15) is 9.59 Å². The molecule has 7 nitrogen and oxygen atoms in total. The van der Waals surface area contributed by atoms with Gasteiger partial charge in [-0.15, -0.1) is 5.10 Å². The zero-order valence-electron chi connectivity index (χ0n) is 15.1. The molecule has 7 heteroatoms. The van der Waals surface area contributed by atoms with Crippen LogP contribution in [0.3, 0.4) is 0 Å². The van der Waals surface area contributed by atoms with Crippen LogP contribution < -0.4 is 0 Å². The maximum absolute atomic E-state index is 13.0. The van der Waals surface area contributed by atoms with E-state index < -0.39 is 6.04 Å². The molecule has 2 aliphatic heterocycles. The highest BCUT2D eigenvalue weighted by Crippen LogP contribution is 2.40. The van der Waals surface area contributed by atoms with Crippen LogP contribution in [0, 0.1) is 0 Å². The number of ether oxygens (including phenoxy) is 1. The summed E-state index contributed by atoms with van der Waals surface area (Å²) in [5.41, 5.74) is 1.79. The third-order valence-corrected chi connectivity index (χ3v) is 4.89. The minimum Gasteiger partial charge on any atom is -0.467 e. The van der Waals surface area contributed by atoms with Crippen molar-refractivity contribution in [2.24, 2.45) is 5.10 Å². The second kappa shape index (κ2) is 6.75. The van der Waals surface area contributed by atoms with Gasteiger partial charge in [-0.05, 0) is 5.56 Å². The number of benzene rings is 2. The van der Waals surface area contributed by atoms with Gasteiger partial charge in [0, 0.05) is 19.0 Å². The Kier molecular flexibility index (Phi) is 4.27. The molecule has 2 atom stereocenters. The molecular weight excluding hydrogens is 344 g/mol. The SMILES string of the molecule is COC(=O)C1CC(c2ccccc2)N2C(=O)N(C)N=C(c3ccccc3)N12. The van der Waals surface area contributed by atoms with E-state index in [1.54, 1.807) is 17.1 Å². The summed E-state index contributed by atoms with van der Waals surface area (Å²) in [5.74, 6) is 0.158. The Balaban J connectivity index is 1.84. The Morgan fingerprint density at radius 2 is 1.67 bits per heavy atom. The number of methoxy groups -OCH3 is 1. The van der Waals surface area contributed by atoms with Crippen LogP contribution >= 0.6 is 0 Å². The number of nitrogens with zero attached hydrogens (tertiary/aromatic N) is 4. The Morgan fingerprint density at radius 1 is 1.04 bits per heavy atom. The Morgan fingerprint density at radius 3 is 2.30 bits per heavy atom. The predicted octanol–water partition coefficient (Wildman–Crippen LogP) is 2.62. The number of carbonyl (C=O) groups is 2. The number of hydrazone groups is 1. The van der Waals surface area contributed by atoms with Crippen LogP contribution in [0.1, 0.15) is 23.6 Å². The van der Waals surface area contributed by atoms with Crippen molar-refractivity contribution in [1.29, 1.82) is 0 Å². The lowest BCUT2D eigenvalue weighted by molar-refractivity contribution is -0.146. The van der Waals surface area contributed by atoms with E-state index >= 15 is 0 Å². The van der Waals surface area contributed by atoms with Gasteiger partial charge in [-0.3, -0.25) is 0 Å². The van der Waals surface area contributed by atoms with E-state index in [4.69, 9.17) is 4.74 Å². The highest BCUT2D eigenvalue weighted by atomic mass is 16.5. The summed E-state index contributed by atoms with van der Waals surface area (Å²) in [5, 5.41) is 9.06. The molecule has 1 fully saturated rings. The molecule has 1 saturated heterocycles. The van der Waals surface area contributed by atoms with Gasteiger partial charge in [-0.2, -0.15) is 0 Å². The number of amides is 2. The third-order valence-electron chi connectivity index (χ3n) is 4.89. The van der Waals surface area contributed by atoms with Crippen molar-refractivity contribution in [2.45, 2.75) is 18.5 Å². The molecule has 0 saturated carbocycles. The van der Waals surface area contributed by atoms with Crippen LogP contribution in [0.4, 0.5) is 4.79 Å². The second-order valence-corrected chi connectivity index (χ2v) is 6.49. The van der Waals surface area contributed by atoms with Crippen molar-refractivity contribution in [2.75, 3.05) is 14.2 Å². The number of urea groups is 1. The number of hydrazine groups is 1. The molecule has 0 aliphatic carbocycles. The minimum absolute atomic E-state index is 0.278. The first-order valence-electron chi connectivity index (χ1n) is 8.74. The van der Waals surface area contributed by atoms with Crippen LogP contribution in [-0.2, 0) is 9.53 Å². The van der Waals surface area contributed by atoms with Gasteiger partial charge in [0.1, 0.15) is 0 Å². The van der Waals surface area contributed by atoms with Gasteiger partial charge in [-0.1, -0.05) is 60.7 Å². The standard InChI is InChI=1S/C20H20N4O3/c1-22-20(26)24-16(14-9-5-3-6-10-14)13-17(19(25)27-2)23(24)18(21-22)15-11-7-4-8-12-15/h3-12,16-17H,13H2,1-2H3. The molecule has 138 valence electrons. The monoisotopic (exact) mass is 364 g/mol. The molecule has 4 rings (SSSR count). The maximum atomic E-state index is 13.0. The number of hydrogen-bond acceptors (Lipinski definition) is 5. The molecule has 0 spiro atoms. The van der Waals surface area contributed by atoms with E-state index in [1.165, 1.54) is 12.1 Å². The normalized spacial score (nSPS) is 21.8. The maximum Gasteiger partial charge on any atom is 0.359 e. The first kappa shape index (κ1) is 17.1. The Bertz CT molecular complexity index is 885. The summed E-state index contributed by atoms with van der Waals surface area (Å²) in [6.45, 7) is 0. The van der Waals surface area contributed by atoms with Crippen molar-refractivity contribution in [3.8, 4) is 0 Å². The van der Waals surface area contributed by atoms with Crippen molar-refractivity contribution in [3.05, 3.63) is 71.8 Å². The topological polar surface area (TPSA) is 65.5 Å². The highest BCUT2D eigenvalue weighted by Gasteiger charge is 2.51. The second-order valence-electron chi connectivity index (χ2n) is 6.49. The van der Waals surface area contributed by atoms with Crippen LogP contribution in [-0.4, -0.2) is 53.1 Å². The number of hydrogen-bond donors (Lipinski definition) is 0. The summed E-state index contributed by atoms with van der Waals surface area (Å²) < 4.78 is 5.03. The van der Waals surface area contributed by atoms with E-state index in [0.717, 1.165) is 11.1 Å². The van der Waals surface area contributed by atoms with Gasteiger partial charge in [0.15, 0.2) is 11.9 Å². The average molecular weight is 364 g/mol. The molecule has 0 bridgehead atoms. The molecule has 0 aromatic heterocycles. The van der Waals surface area contributed by atoms with Gasteiger partial charge in [0.2, 0.25) is 0 Å². The largest absolute Gasteiger partial charge is 0.467 e. The van der Waals surface area contributed by atoms with Crippen molar-refractivity contribution >= 4 is 17.8 Å². The number of carbonyl (C=O) groups excluding carboxylic acids is 2. The Hall–Kier alpha value is -3.35. The van der Waals surface area contributed by atoms with E-state index in [2.05, 4.69) is 5.10 Å². The fraction of sp³-hybridized carbons (Fsp3) is 0.250. The van der Waals surface area contributed by atoms with Crippen molar-refractivity contribution < 1.29 is 14.3 Å². The molecule has 2 unspecified atom stereocenters. The fourth-order valence-corrected chi connectivity index (χ4v) is 3.63. The zero-order valence-corrected chi connectivity index (χ0v) is 15.1. The quantitative estimate of drug-likeness (QED) is 0.786. The summed E-state index contributed by atoms with van der Waals surface area (Å²) in [6, 6.07) is 18.0. The van der Waals surface area contributed by atoms with Crippen molar-refractivity contribution in [3.63, 3.8) is 0 Å². The average Bonchev–Trinajstić information content (AvgIpc) is 3.12. The van der Waals surface area contributed by atoms with Crippen LogP contribution in [0.5, 0.6) is 0 Å². The number of rotatable bonds is 3. The lowest BCUT2D eigenvalue weighted by Gasteiger charge is -2.40. The summed E-state index contributed by atoms with van der Waals surface area (Å²) >= 11 is 0. The molecule has 27 heavy (non-hydrogen) atoms. The molecular formula is C20H20N4O3. The fourth-order valence-electron chi connectivity index (χ4n) is 3.63. The Labute approximate surface area is 157 Å². The predicted molar refractivity (Wildman–Crippen MR) is 99.4 cm³/mol. The third kappa shape index (κ3) is 2.81. The molecule has 2 heterocycles. The summed E-state index contributed by atoms with van der Waals surface area (Å²) in [4.78, 5) is 25.5. The summed E-state index contributed by atoms with van der Waals surface area (Å²) in [6.07, 6.45) is 0.433.